The molecule has 2 fully saturated rings. The molecule has 3 heteroatoms. The van der Waals surface area contributed by atoms with Crippen LogP contribution in [0.1, 0.15) is 25.7 Å². The molecule has 0 aromatic carbocycles. The standard InChI is InChI=1S/C11H22N2S/c1-3-11(12-5-1)4-7-13-6-2-9-14-10-8-13/h11-12H,1-10H2. The Morgan fingerprint density at radius 2 is 2.21 bits per heavy atom. The van der Waals surface area contributed by atoms with Crippen molar-refractivity contribution in [1.82, 2.24) is 10.2 Å². The predicted molar refractivity (Wildman–Crippen MR) is 64.0 cm³/mol. The van der Waals surface area contributed by atoms with Crippen molar-refractivity contribution >= 4 is 11.8 Å². The van der Waals surface area contributed by atoms with Crippen LogP contribution in [0, 0.1) is 0 Å². The Morgan fingerprint density at radius 3 is 3.07 bits per heavy atom. The maximum atomic E-state index is 3.58. The number of nitrogens with zero attached hydrogens (tertiary/aromatic N) is 1. The summed E-state index contributed by atoms with van der Waals surface area (Å²) in [5.74, 6) is 2.72. The summed E-state index contributed by atoms with van der Waals surface area (Å²) in [7, 11) is 0. The fourth-order valence-electron chi connectivity index (χ4n) is 2.36. The summed E-state index contributed by atoms with van der Waals surface area (Å²) in [6.07, 6.45) is 5.55. The lowest BCUT2D eigenvalue weighted by molar-refractivity contribution is 0.279. The molecule has 0 bridgehead atoms. The van der Waals surface area contributed by atoms with Crippen molar-refractivity contribution in [3.05, 3.63) is 0 Å². The molecular formula is C11H22N2S. The van der Waals surface area contributed by atoms with E-state index in [9.17, 15) is 0 Å². The lowest BCUT2D eigenvalue weighted by Crippen LogP contribution is -2.32. The monoisotopic (exact) mass is 214 g/mol. The third-order valence-electron chi connectivity index (χ3n) is 3.27. The Morgan fingerprint density at radius 1 is 1.21 bits per heavy atom. The van der Waals surface area contributed by atoms with Crippen LogP contribution in [0.2, 0.25) is 0 Å². The van der Waals surface area contributed by atoms with Crippen LogP contribution >= 0.6 is 11.8 Å². The topological polar surface area (TPSA) is 15.3 Å². The third-order valence-corrected chi connectivity index (χ3v) is 4.32. The first kappa shape index (κ1) is 10.8. The minimum atomic E-state index is 0.825. The zero-order valence-corrected chi connectivity index (χ0v) is 9.82. The van der Waals surface area contributed by atoms with Crippen molar-refractivity contribution in [2.24, 2.45) is 0 Å². The second kappa shape index (κ2) is 5.99. The van der Waals surface area contributed by atoms with E-state index in [1.54, 1.807) is 0 Å². The van der Waals surface area contributed by atoms with Gasteiger partial charge in [-0.25, -0.2) is 0 Å². The highest BCUT2D eigenvalue weighted by atomic mass is 32.2. The highest BCUT2D eigenvalue weighted by molar-refractivity contribution is 7.99. The van der Waals surface area contributed by atoms with Crippen LogP contribution in [0.3, 0.4) is 0 Å². The molecule has 2 heterocycles. The van der Waals surface area contributed by atoms with Crippen LogP contribution in [0.25, 0.3) is 0 Å². The first-order valence-corrected chi connectivity index (χ1v) is 7.14. The molecule has 2 rings (SSSR count). The Kier molecular flexibility index (Phi) is 4.61. The summed E-state index contributed by atoms with van der Waals surface area (Å²) in [4.78, 5) is 2.65. The normalized spacial score (nSPS) is 30.4. The van der Waals surface area contributed by atoms with Gasteiger partial charge in [-0.2, -0.15) is 11.8 Å². The number of thioether (sulfide) groups is 1. The van der Waals surface area contributed by atoms with Crippen LogP contribution in [-0.2, 0) is 0 Å². The maximum Gasteiger partial charge on any atom is 0.00797 e. The van der Waals surface area contributed by atoms with Gasteiger partial charge in [0.2, 0.25) is 0 Å². The molecule has 0 aromatic rings. The van der Waals surface area contributed by atoms with E-state index < -0.39 is 0 Å². The lowest BCUT2D eigenvalue weighted by atomic mass is 10.1. The lowest BCUT2D eigenvalue weighted by Gasteiger charge is -2.21. The van der Waals surface area contributed by atoms with E-state index in [2.05, 4.69) is 22.0 Å². The highest BCUT2D eigenvalue weighted by Crippen LogP contribution is 2.13. The molecule has 2 aliphatic heterocycles. The average molecular weight is 214 g/mol. The molecule has 0 radical (unpaired) electrons. The van der Waals surface area contributed by atoms with E-state index in [0.29, 0.717) is 0 Å². The van der Waals surface area contributed by atoms with E-state index >= 15 is 0 Å². The van der Waals surface area contributed by atoms with E-state index in [-0.39, 0.29) is 0 Å². The smallest absolute Gasteiger partial charge is 0.00797 e. The third kappa shape index (κ3) is 3.44. The zero-order chi connectivity index (χ0) is 9.64. The van der Waals surface area contributed by atoms with Crippen molar-refractivity contribution in [2.45, 2.75) is 31.7 Å². The first-order valence-electron chi connectivity index (χ1n) is 5.98. The Labute approximate surface area is 91.8 Å². The van der Waals surface area contributed by atoms with Crippen molar-refractivity contribution < 1.29 is 0 Å². The Balaban J connectivity index is 1.62. The second-order valence-electron chi connectivity index (χ2n) is 4.39. The quantitative estimate of drug-likeness (QED) is 0.768. The molecule has 2 aliphatic rings. The van der Waals surface area contributed by atoms with Gasteiger partial charge in [-0.3, -0.25) is 0 Å². The van der Waals surface area contributed by atoms with Crippen LogP contribution in [0.15, 0.2) is 0 Å². The van der Waals surface area contributed by atoms with Gasteiger partial charge in [0.1, 0.15) is 0 Å². The average Bonchev–Trinajstić information content (AvgIpc) is 2.58. The summed E-state index contributed by atoms with van der Waals surface area (Å²) >= 11 is 2.12. The van der Waals surface area contributed by atoms with Crippen LogP contribution in [0.4, 0.5) is 0 Å². The molecule has 1 N–H and O–H groups in total. The Hall–Kier alpha value is 0.270. The van der Waals surface area contributed by atoms with Gasteiger partial charge in [0.15, 0.2) is 0 Å². The summed E-state index contributed by atoms with van der Waals surface area (Å²) in [6, 6.07) is 0.825. The summed E-state index contributed by atoms with van der Waals surface area (Å²) < 4.78 is 0. The number of nitrogens with one attached hydrogen (secondary N) is 1. The van der Waals surface area contributed by atoms with Gasteiger partial charge >= 0.3 is 0 Å². The van der Waals surface area contributed by atoms with Gasteiger partial charge in [0, 0.05) is 18.3 Å². The predicted octanol–water partition coefficient (Wildman–Crippen LogP) is 1.57. The number of rotatable bonds is 3. The Bertz CT molecular complexity index is 149. The minimum absolute atomic E-state index is 0.825. The second-order valence-corrected chi connectivity index (χ2v) is 5.61. The molecule has 0 saturated carbocycles. The molecular weight excluding hydrogens is 192 g/mol. The molecule has 0 aromatic heterocycles. The molecule has 1 unspecified atom stereocenters. The van der Waals surface area contributed by atoms with E-state index in [1.165, 1.54) is 63.4 Å². The molecule has 0 spiro atoms. The molecule has 2 nitrogen and oxygen atoms in total. The molecule has 2 saturated heterocycles. The molecule has 14 heavy (non-hydrogen) atoms. The number of hydrogen-bond donors (Lipinski definition) is 1. The van der Waals surface area contributed by atoms with Crippen molar-refractivity contribution in [3.63, 3.8) is 0 Å². The van der Waals surface area contributed by atoms with Crippen molar-refractivity contribution in [2.75, 3.05) is 37.7 Å². The van der Waals surface area contributed by atoms with E-state index in [4.69, 9.17) is 0 Å². The van der Waals surface area contributed by atoms with Gasteiger partial charge in [0.25, 0.3) is 0 Å². The van der Waals surface area contributed by atoms with Crippen LogP contribution in [0.5, 0.6) is 0 Å². The van der Waals surface area contributed by atoms with E-state index in [1.807, 2.05) is 0 Å². The fraction of sp³-hybridized carbons (Fsp3) is 1.00. The maximum absolute atomic E-state index is 3.58. The van der Waals surface area contributed by atoms with E-state index in [0.717, 1.165) is 6.04 Å². The van der Waals surface area contributed by atoms with Gasteiger partial charge < -0.3 is 10.2 Å². The largest absolute Gasteiger partial charge is 0.314 e. The molecule has 82 valence electrons. The van der Waals surface area contributed by atoms with Crippen LogP contribution in [-0.4, -0.2) is 48.6 Å². The van der Waals surface area contributed by atoms with Crippen molar-refractivity contribution in [3.8, 4) is 0 Å². The number of hydrogen-bond acceptors (Lipinski definition) is 3. The molecule has 0 aliphatic carbocycles. The van der Waals surface area contributed by atoms with Gasteiger partial charge in [0.05, 0.1) is 0 Å². The summed E-state index contributed by atoms with van der Waals surface area (Å²) in [5.41, 5.74) is 0. The van der Waals surface area contributed by atoms with Gasteiger partial charge in [-0.15, -0.1) is 0 Å². The first-order chi connectivity index (χ1) is 6.95. The fourth-order valence-corrected chi connectivity index (χ4v) is 3.29. The SMILES string of the molecule is C1CNC(CCN2CCCSCC2)C1. The molecule has 0 amide bonds. The minimum Gasteiger partial charge on any atom is -0.314 e. The summed E-state index contributed by atoms with van der Waals surface area (Å²) in [5, 5.41) is 3.58. The van der Waals surface area contributed by atoms with Gasteiger partial charge in [-0.1, -0.05) is 0 Å². The summed E-state index contributed by atoms with van der Waals surface area (Å²) in [6.45, 7) is 5.22. The van der Waals surface area contributed by atoms with Gasteiger partial charge in [-0.05, 0) is 51.1 Å². The molecule has 1 atom stereocenters. The zero-order valence-electron chi connectivity index (χ0n) is 9.00. The van der Waals surface area contributed by atoms with Crippen LogP contribution < -0.4 is 5.32 Å². The van der Waals surface area contributed by atoms with Crippen molar-refractivity contribution in [1.29, 1.82) is 0 Å². The highest BCUT2D eigenvalue weighted by Gasteiger charge is 2.15.